The highest BCUT2D eigenvalue weighted by molar-refractivity contribution is 7.99. The molecule has 16 heavy (non-hydrogen) atoms. The molecule has 0 fully saturated rings. The zero-order valence-corrected chi connectivity index (χ0v) is 10.1. The van der Waals surface area contributed by atoms with Crippen LogP contribution in [0.5, 0.6) is 0 Å². The summed E-state index contributed by atoms with van der Waals surface area (Å²) in [4.78, 5) is 12.1. The standard InChI is InChI=1S/C12H18N2OS/c13-8-4-1-5-9-16-11-7-3-2-6-10(11)12(14)15/h2-3,6-7H,1,4-5,8-9,13H2,(H2,14,15). The molecule has 1 aromatic rings. The van der Waals surface area contributed by atoms with Gasteiger partial charge in [-0.05, 0) is 37.3 Å². The van der Waals surface area contributed by atoms with Gasteiger partial charge >= 0.3 is 0 Å². The SMILES string of the molecule is NCCCCCSc1ccccc1C(N)=O. The number of benzene rings is 1. The van der Waals surface area contributed by atoms with Crippen molar-refractivity contribution >= 4 is 17.7 Å². The van der Waals surface area contributed by atoms with Gasteiger partial charge in [-0.15, -0.1) is 11.8 Å². The quantitative estimate of drug-likeness (QED) is 0.564. The van der Waals surface area contributed by atoms with Gasteiger partial charge in [0, 0.05) is 4.90 Å². The zero-order chi connectivity index (χ0) is 11.8. The summed E-state index contributed by atoms with van der Waals surface area (Å²) in [7, 11) is 0. The maximum Gasteiger partial charge on any atom is 0.249 e. The van der Waals surface area contributed by atoms with Crippen LogP contribution in [0.15, 0.2) is 29.2 Å². The predicted molar refractivity (Wildman–Crippen MR) is 68.6 cm³/mol. The fourth-order valence-corrected chi connectivity index (χ4v) is 2.47. The maximum absolute atomic E-state index is 11.1. The Hall–Kier alpha value is -1.00. The molecular formula is C12H18N2OS. The van der Waals surface area contributed by atoms with Crippen molar-refractivity contribution in [1.29, 1.82) is 0 Å². The summed E-state index contributed by atoms with van der Waals surface area (Å²) in [6.07, 6.45) is 3.33. The van der Waals surface area contributed by atoms with Gasteiger partial charge in [0.1, 0.15) is 0 Å². The van der Waals surface area contributed by atoms with E-state index in [-0.39, 0.29) is 5.91 Å². The van der Waals surface area contributed by atoms with E-state index < -0.39 is 0 Å². The second-order valence-corrected chi connectivity index (χ2v) is 4.69. The molecule has 0 atom stereocenters. The molecule has 0 saturated heterocycles. The molecular weight excluding hydrogens is 220 g/mol. The first-order valence-electron chi connectivity index (χ1n) is 5.47. The highest BCUT2D eigenvalue weighted by atomic mass is 32.2. The molecule has 0 heterocycles. The summed E-state index contributed by atoms with van der Waals surface area (Å²) in [5.41, 5.74) is 11.3. The minimum atomic E-state index is -0.356. The number of primary amides is 1. The van der Waals surface area contributed by atoms with Crippen molar-refractivity contribution in [3.8, 4) is 0 Å². The van der Waals surface area contributed by atoms with E-state index in [1.165, 1.54) is 0 Å². The van der Waals surface area contributed by atoms with Crippen molar-refractivity contribution in [3.63, 3.8) is 0 Å². The molecule has 4 N–H and O–H groups in total. The molecule has 0 aromatic heterocycles. The van der Waals surface area contributed by atoms with Crippen molar-refractivity contribution in [2.24, 2.45) is 11.5 Å². The summed E-state index contributed by atoms with van der Waals surface area (Å²) in [6.45, 7) is 0.753. The summed E-state index contributed by atoms with van der Waals surface area (Å²) in [5, 5.41) is 0. The van der Waals surface area contributed by atoms with Crippen LogP contribution in [0.2, 0.25) is 0 Å². The third-order valence-corrected chi connectivity index (χ3v) is 3.42. The molecule has 3 nitrogen and oxygen atoms in total. The monoisotopic (exact) mass is 238 g/mol. The highest BCUT2D eigenvalue weighted by Crippen LogP contribution is 2.23. The molecule has 0 unspecified atom stereocenters. The van der Waals surface area contributed by atoms with Crippen molar-refractivity contribution in [2.75, 3.05) is 12.3 Å². The molecule has 4 heteroatoms. The van der Waals surface area contributed by atoms with Gasteiger partial charge in [-0.1, -0.05) is 18.6 Å². The Labute approximate surface area is 101 Å². The Morgan fingerprint density at radius 3 is 2.62 bits per heavy atom. The molecule has 0 spiro atoms. The van der Waals surface area contributed by atoms with Crippen LogP contribution in [0.25, 0.3) is 0 Å². The molecule has 0 radical (unpaired) electrons. The van der Waals surface area contributed by atoms with Gasteiger partial charge in [0.2, 0.25) is 5.91 Å². The van der Waals surface area contributed by atoms with Gasteiger partial charge in [-0.3, -0.25) is 4.79 Å². The van der Waals surface area contributed by atoms with Crippen molar-refractivity contribution in [3.05, 3.63) is 29.8 Å². The topological polar surface area (TPSA) is 69.1 Å². The maximum atomic E-state index is 11.1. The smallest absolute Gasteiger partial charge is 0.249 e. The lowest BCUT2D eigenvalue weighted by Crippen LogP contribution is -2.12. The van der Waals surface area contributed by atoms with Gasteiger partial charge in [-0.25, -0.2) is 0 Å². The third-order valence-electron chi connectivity index (χ3n) is 2.26. The van der Waals surface area contributed by atoms with E-state index in [0.717, 1.165) is 36.5 Å². The van der Waals surface area contributed by atoms with Crippen molar-refractivity contribution < 1.29 is 4.79 Å². The Balaban J connectivity index is 2.44. The van der Waals surface area contributed by atoms with E-state index in [4.69, 9.17) is 11.5 Å². The number of thioether (sulfide) groups is 1. The van der Waals surface area contributed by atoms with Crippen LogP contribution in [0.3, 0.4) is 0 Å². The van der Waals surface area contributed by atoms with E-state index in [0.29, 0.717) is 5.56 Å². The summed E-state index contributed by atoms with van der Waals surface area (Å²) >= 11 is 1.68. The number of amides is 1. The van der Waals surface area contributed by atoms with Crippen LogP contribution in [0.1, 0.15) is 29.6 Å². The summed E-state index contributed by atoms with van der Waals surface area (Å²) < 4.78 is 0. The van der Waals surface area contributed by atoms with Gasteiger partial charge < -0.3 is 11.5 Å². The second-order valence-electron chi connectivity index (χ2n) is 3.56. The van der Waals surface area contributed by atoms with Crippen LogP contribution >= 0.6 is 11.8 Å². The second kappa shape index (κ2) is 7.30. The van der Waals surface area contributed by atoms with Crippen molar-refractivity contribution in [2.45, 2.75) is 24.2 Å². The number of carbonyl (C=O) groups excluding carboxylic acids is 1. The average molecular weight is 238 g/mol. The number of hydrogen-bond donors (Lipinski definition) is 2. The summed E-state index contributed by atoms with van der Waals surface area (Å²) in [5.74, 6) is 0.648. The van der Waals surface area contributed by atoms with Crippen LogP contribution in [-0.2, 0) is 0 Å². The Kier molecular flexibility index (Phi) is 5.96. The third kappa shape index (κ3) is 4.24. The predicted octanol–water partition coefficient (Wildman–Crippen LogP) is 2.01. The number of nitrogens with two attached hydrogens (primary N) is 2. The van der Waals surface area contributed by atoms with Gasteiger partial charge in [0.05, 0.1) is 5.56 Å². The van der Waals surface area contributed by atoms with Gasteiger partial charge in [-0.2, -0.15) is 0 Å². The molecule has 1 aromatic carbocycles. The molecule has 0 bridgehead atoms. The number of hydrogen-bond acceptors (Lipinski definition) is 3. The molecule has 0 saturated carbocycles. The summed E-state index contributed by atoms with van der Waals surface area (Å²) in [6, 6.07) is 7.46. The Bertz CT molecular complexity index is 342. The molecule has 1 rings (SSSR count). The molecule has 88 valence electrons. The molecule has 1 amide bonds. The lowest BCUT2D eigenvalue weighted by molar-refractivity contribution is 0.0997. The lowest BCUT2D eigenvalue weighted by atomic mass is 10.2. The Morgan fingerprint density at radius 2 is 1.94 bits per heavy atom. The first-order chi connectivity index (χ1) is 7.75. The van der Waals surface area contributed by atoms with E-state index in [9.17, 15) is 4.79 Å². The first kappa shape index (κ1) is 13.1. The number of carbonyl (C=O) groups is 1. The van der Waals surface area contributed by atoms with E-state index in [1.807, 2.05) is 18.2 Å². The van der Waals surface area contributed by atoms with Gasteiger partial charge in [0.15, 0.2) is 0 Å². The van der Waals surface area contributed by atoms with E-state index in [2.05, 4.69) is 0 Å². The van der Waals surface area contributed by atoms with E-state index >= 15 is 0 Å². The number of unbranched alkanes of at least 4 members (excludes halogenated alkanes) is 2. The molecule has 0 aliphatic carbocycles. The highest BCUT2D eigenvalue weighted by Gasteiger charge is 2.06. The lowest BCUT2D eigenvalue weighted by Gasteiger charge is -2.05. The normalized spacial score (nSPS) is 10.3. The van der Waals surface area contributed by atoms with Crippen molar-refractivity contribution in [1.82, 2.24) is 0 Å². The van der Waals surface area contributed by atoms with Crippen LogP contribution < -0.4 is 11.5 Å². The van der Waals surface area contributed by atoms with Crippen LogP contribution in [0, 0.1) is 0 Å². The average Bonchev–Trinajstić information content (AvgIpc) is 2.29. The minimum absolute atomic E-state index is 0.356. The first-order valence-corrected chi connectivity index (χ1v) is 6.46. The Morgan fingerprint density at radius 1 is 1.19 bits per heavy atom. The number of rotatable bonds is 7. The van der Waals surface area contributed by atoms with E-state index in [1.54, 1.807) is 17.8 Å². The molecule has 0 aliphatic heterocycles. The molecule has 0 aliphatic rings. The van der Waals surface area contributed by atoms with Crippen LogP contribution in [0.4, 0.5) is 0 Å². The van der Waals surface area contributed by atoms with Gasteiger partial charge in [0.25, 0.3) is 0 Å². The van der Waals surface area contributed by atoms with Crippen LogP contribution in [-0.4, -0.2) is 18.2 Å². The fraction of sp³-hybridized carbons (Fsp3) is 0.417. The fourth-order valence-electron chi connectivity index (χ4n) is 1.40. The largest absolute Gasteiger partial charge is 0.366 e. The zero-order valence-electron chi connectivity index (χ0n) is 9.32. The minimum Gasteiger partial charge on any atom is -0.366 e.